The molecule has 0 radical (unpaired) electrons. The SMILES string of the molecule is CCOc1cccc(/C(O)=C2/C(=O)C(=O)N(CCOC)C2c2ccc(C(C)C)cc2)c1. The van der Waals surface area contributed by atoms with Crippen LogP contribution in [-0.4, -0.2) is 48.6 Å². The van der Waals surface area contributed by atoms with Crippen LogP contribution in [0.5, 0.6) is 5.75 Å². The summed E-state index contributed by atoms with van der Waals surface area (Å²) < 4.78 is 10.7. The molecular formula is C25H29NO5. The van der Waals surface area contributed by atoms with Crippen molar-refractivity contribution >= 4 is 17.4 Å². The molecule has 1 aliphatic rings. The molecule has 2 aromatic carbocycles. The summed E-state index contributed by atoms with van der Waals surface area (Å²) in [4.78, 5) is 27.3. The smallest absolute Gasteiger partial charge is 0.295 e. The van der Waals surface area contributed by atoms with Crippen LogP contribution < -0.4 is 4.74 Å². The Morgan fingerprint density at radius 2 is 1.84 bits per heavy atom. The van der Waals surface area contributed by atoms with Gasteiger partial charge in [0, 0.05) is 19.2 Å². The quantitative estimate of drug-likeness (QED) is 0.390. The Labute approximate surface area is 183 Å². The maximum Gasteiger partial charge on any atom is 0.295 e. The minimum absolute atomic E-state index is 0.0760. The van der Waals surface area contributed by atoms with E-state index in [4.69, 9.17) is 9.47 Å². The number of amides is 1. The van der Waals surface area contributed by atoms with Crippen molar-refractivity contribution in [3.05, 3.63) is 70.8 Å². The first-order valence-corrected chi connectivity index (χ1v) is 10.5. The minimum atomic E-state index is -0.701. The highest BCUT2D eigenvalue weighted by Crippen LogP contribution is 2.39. The van der Waals surface area contributed by atoms with E-state index in [-0.39, 0.29) is 24.5 Å². The van der Waals surface area contributed by atoms with E-state index < -0.39 is 17.7 Å². The van der Waals surface area contributed by atoms with Gasteiger partial charge in [0.1, 0.15) is 11.5 Å². The van der Waals surface area contributed by atoms with Gasteiger partial charge < -0.3 is 19.5 Å². The number of aliphatic hydroxyl groups is 1. The molecule has 164 valence electrons. The molecule has 0 spiro atoms. The predicted octanol–water partition coefficient (Wildman–Crippen LogP) is 4.28. The van der Waals surface area contributed by atoms with E-state index >= 15 is 0 Å². The number of carbonyl (C=O) groups excluding carboxylic acids is 2. The lowest BCUT2D eigenvalue weighted by Gasteiger charge is -2.25. The fourth-order valence-corrected chi connectivity index (χ4v) is 3.77. The molecule has 31 heavy (non-hydrogen) atoms. The van der Waals surface area contributed by atoms with Gasteiger partial charge in [-0.15, -0.1) is 0 Å². The summed E-state index contributed by atoms with van der Waals surface area (Å²) in [6.45, 7) is 7.08. The summed E-state index contributed by atoms with van der Waals surface area (Å²) in [5.41, 5.74) is 2.43. The van der Waals surface area contributed by atoms with Crippen molar-refractivity contribution in [2.45, 2.75) is 32.7 Å². The monoisotopic (exact) mass is 423 g/mol. The average molecular weight is 424 g/mol. The number of ether oxygens (including phenoxy) is 2. The fourth-order valence-electron chi connectivity index (χ4n) is 3.77. The molecule has 1 N–H and O–H groups in total. The molecule has 1 unspecified atom stereocenters. The second kappa shape index (κ2) is 9.79. The number of Topliss-reactive ketones (excluding diaryl/α,β-unsaturated/α-hetero) is 1. The number of likely N-dealkylation sites (tertiary alicyclic amines) is 1. The highest BCUT2D eigenvalue weighted by Gasteiger charge is 2.45. The van der Waals surface area contributed by atoms with Crippen LogP contribution in [0.3, 0.4) is 0 Å². The van der Waals surface area contributed by atoms with Gasteiger partial charge in [-0.1, -0.05) is 50.2 Å². The second-order valence-electron chi connectivity index (χ2n) is 7.77. The van der Waals surface area contributed by atoms with Crippen molar-refractivity contribution < 1.29 is 24.2 Å². The molecule has 1 fully saturated rings. The van der Waals surface area contributed by atoms with E-state index in [0.29, 0.717) is 23.8 Å². The highest BCUT2D eigenvalue weighted by molar-refractivity contribution is 6.46. The van der Waals surface area contributed by atoms with Crippen LogP contribution in [-0.2, 0) is 14.3 Å². The first kappa shape index (κ1) is 22.6. The number of hydrogen-bond donors (Lipinski definition) is 1. The van der Waals surface area contributed by atoms with Crippen LogP contribution in [0.2, 0.25) is 0 Å². The molecule has 1 atom stereocenters. The maximum atomic E-state index is 13.0. The lowest BCUT2D eigenvalue weighted by molar-refractivity contribution is -0.140. The topological polar surface area (TPSA) is 76.1 Å². The molecule has 2 aromatic rings. The highest BCUT2D eigenvalue weighted by atomic mass is 16.5. The van der Waals surface area contributed by atoms with Gasteiger partial charge in [-0.25, -0.2) is 0 Å². The predicted molar refractivity (Wildman–Crippen MR) is 119 cm³/mol. The summed E-state index contributed by atoms with van der Waals surface area (Å²) >= 11 is 0. The molecule has 0 saturated carbocycles. The minimum Gasteiger partial charge on any atom is -0.507 e. The van der Waals surface area contributed by atoms with E-state index in [1.165, 1.54) is 4.90 Å². The summed E-state index contributed by atoms with van der Waals surface area (Å²) in [5, 5.41) is 11.1. The molecule has 0 aromatic heterocycles. The normalized spacial score (nSPS) is 18.1. The van der Waals surface area contributed by atoms with Crippen LogP contribution in [0.1, 0.15) is 49.4 Å². The second-order valence-corrected chi connectivity index (χ2v) is 7.77. The van der Waals surface area contributed by atoms with Gasteiger partial charge in [-0.2, -0.15) is 0 Å². The largest absolute Gasteiger partial charge is 0.507 e. The third kappa shape index (κ3) is 4.64. The zero-order valence-electron chi connectivity index (χ0n) is 18.4. The maximum absolute atomic E-state index is 13.0. The lowest BCUT2D eigenvalue weighted by Crippen LogP contribution is -2.32. The van der Waals surface area contributed by atoms with Gasteiger partial charge in [0.15, 0.2) is 0 Å². The van der Waals surface area contributed by atoms with Crippen molar-refractivity contribution in [2.24, 2.45) is 0 Å². The molecular weight excluding hydrogens is 394 g/mol. The Hall–Kier alpha value is -3.12. The van der Waals surface area contributed by atoms with Gasteiger partial charge >= 0.3 is 0 Å². The van der Waals surface area contributed by atoms with Crippen LogP contribution in [0.4, 0.5) is 0 Å². The standard InChI is InChI=1S/C25H29NO5/c1-5-31-20-8-6-7-19(15-20)23(27)21-22(18-11-9-17(10-12-18)16(2)3)26(13-14-30-4)25(29)24(21)28/h6-12,15-16,22,27H,5,13-14H2,1-4H3/b23-21-. The fraction of sp³-hybridized carbons (Fsp3) is 0.360. The molecule has 6 heteroatoms. The molecule has 0 bridgehead atoms. The average Bonchev–Trinajstić information content (AvgIpc) is 3.02. The Morgan fingerprint density at radius 1 is 1.13 bits per heavy atom. The Bertz CT molecular complexity index is 978. The third-order valence-corrected chi connectivity index (χ3v) is 5.41. The molecule has 0 aliphatic carbocycles. The van der Waals surface area contributed by atoms with Gasteiger partial charge in [0.25, 0.3) is 11.7 Å². The van der Waals surface area contributed by atoms with E-state index in [1.807, 2.05) is 31.2 Å². The van der Waals surface area contributed by atoms with Crippen LogP contribution in [0, 0.1) is 0 Å². The molecule has 3 rings (SSSR count). The van der Waals surface area contributed by atoms with E-state index in [0.717, 1.165) is 11.1 Å². The third-order valence-electron chi connectivity index (χ3n) is 5.41. The molecule has 1 amide bonds. The van der Waals surface area contributed by atoms with Crippen LogP contribution >= 0.6 is 0 Å². The lowest BCUT2D eigenvalue weighted by atomic mass is 9.93. The molecule has 6 nitrogen and oxygen atoms in total. The van der Waals surface area contributed by atoms with E-state index in [9.17, 15) is 14.7 Å². The van der Waals surface area contributed by atoms with Crippen molar-refractivity contribution in [1.82, 2.24) is 4.90 Å². The Kier molecular flexibility index (Phi) is 7.13. The first-order valence-electron chi connectivity index (χ1n) is 10.5. The Morgan fingerprint density at radius 3 is 2.45 bits per heavy atom. The summed E-state index contributed by atoms with van der Waals surface area (Å²) in [5.74, 6) is -0.614. The van der Waals surface area contributed by atoms with E-state index in [2.05, 4.69) is 13.8 Å². The zero-order valence-corrected chi connectivity index (χ0v) is 18.4. The van der Waals surface area contributed by atoms with Crippen molar-refractivity contribution in [3.63, 3.8) is 0 Å². The van der Waals surface area contributed by atoms with Crippen molar-refractivity contribution in [3.8, 4) is 5.75 Å². The number of methoxy groups -OCH3 is 1. The number of aliphatic hydroxyl groups excluding tert-OH is 1. The summed E-state index contributed by atoms with van der Waals surface area (Å²) in [6.07, 6.45) is 0. The number of benzene rings is 2. The van der Waals surface area contributed by atoms with Gasteiger partial charge in [-0.3, -0.25) is 9.59 Å². The van der Waals surface area contributed by atoms with Gasteiger partial charge in [0.2, 0.25) is 0 Å². The molecule has 1 saturated heterocycles. The number of hydrogen-bond acceptors (Lipinski definition) is 5. The van der Waals surface area contributed by atoms with Gasteiger partial charge in [0.05, 0.1) is 24.8 Å². The molecule has 1 aliphatic heterocycles. The number of nitrogens with zero attached hydrogens (tertiary/aromatic N) is 1. The molecule has 1 heterocycles. The number of carbonyl (C=O) groups is 2. The Balaban J connectivity index is 2.12. The van der Waals surface area contributed by atoms with Gasteiger partial charge in [-0.05, 0) is 36.1 Å². The summed E-state index contributed by atoms with van der Waals surface area (Å²) in [6, 6.07) is 14.0. The number of ketones is 1. The van der Waals surface area contributed by atoms with Crippen LogP contribution in [0.15, 0.2) is 54.1 Å². The van der Waals surface area contributed by atoms with E-state index in [1.54, 1.807) is 31.4 Å². The van der Waals surface area contributed by atoms with Crippen molar-refractivity contribution in [2.75, 3.05) is 26.9 Å². The number of rotatable bonds is 8. The first-order chi connectivity index (χ1) is 14.9. The zero-order chi connectivity index (χ0) is 22.5. The van der Waals surface area contributed by atoms with Crippen molar-refractivity contribution in [1.29, 1.82) is 0 Å². The van der Waals surface area contributed by atoms with Crippen LogP contribution in [0.25, 0.3) is 5.76 Å². The summed E-state index contributed by atoms with van der Waals surface area (Å²) in [7, 11) is 1.54.